The first-order valence-corrected chi connectivity index (χ1v) is 8.11. The van der Waals surface area contributed by atoms with Crippen molar-refractivity contribution in [3.8, 4) is 5.75 Å². The van der Waals surface area contributed by atoms with Crippen LogP contribution in [0.4, 0.5) is 15.8 Å². The standard InChI is InChI=1S/C20H16FN3O3/c21-17-6-4-5-15(11-17)14-27-20-10-9-19(24(25)26)12-16(20)13-22-23-18-7-2-1-3-8-18/h1-13,23H,14H2. The fourth-order valence-corrected chi connectivity index (χ4v) is 2.36. The number of benzene rings is 3. The predicted octanol–water partition coefficient (Wildman–Crippen LogP) is 4.76. The Morgan fingerprint density at radius 2 is 1.89 bits per heavy atom. The molecule has 136 valence electrons. The molecule has 3 aromatic carbocycles. The van der Waals surface area contributed by atoms with E-state index < -0.39 is 4.92 Å². The summed E-state index contributed by atoms with van der Waals surface area (Å²) in [5.74, 6) is 0.0529. The second-order valence-electron chi connectivity index (χ2n) is 5.63. The van der Waals surface area contributed by atoms with E-state index >= 15 is 0 Å². The van der Waals surface area contributed by atoms with Crippen molar-refractivity contribution in [1.29, 1.82) is 0 Å². The highest BCUT2D eigenvalue weighted by Crippen LogP contribution is 2.24. The molecule has 0 heterocycles. The number of hydrazone groups is 1. The Morgan fingerprint density at radius 1 is 1.07 bits per heavy atom. The van der Waals surface area contributed by atoms with E-state index in [-0.39, 0.29) is 18.1 Å². The van der Waals surface area contributed by atoms with Gasteiger partial charge in [0.2, 0.25) is 0 Å². The van der Waals surface area contributed by atoms with Crippen LogP contribution in [0.15, 0.2) is 77.9 Å². The highest BCUT2D eigenvalue weighted by molar-refractivity contribution is 5.85. The van der Waals surface area contributed by atoms with E-state index in [9.17, 15) is 14.5 Å². The highest BCUT2D eigenvalue weighted by atomic mass is 19.1. The van der Waals surface area contributed by atoms with Crippen molar-refractivity contribution in [2.24, 2.45) is 5.10 Å². The Hall–Kier alpha value is -3.74. The Kier molecular flexibility index (Phi) is 5.73. The lowest BCUT2D eigenvalue weighted by atomic mass is 10.2. The van der Waals surface area contributed by atoms with Crippen LogP contribution in [0, 0.1) is 15.9 Å². The van der Waals surface area contributed by atoms with E-state index in [1.54, 1.807) is 12.1 Å². The largest absolute Gasteiger partial charge is 0.488 e. The molecule has 0 amide bonds. The summed E-state index contributed by atoms with van der Waals surface area (Å²) in [4.78, 5) is 10.6. The topological polar surface area (TPSA) is 76.8 Å². The van der Waals surface area contributed by atoms with Gasteiger partial charge in [-0.05, 0) is 35.9 Å². The minimum atomic E-state index is -0.488. The molecule has 27 heavy (non-hydrogen) atoms. The van der Waals surface area contributed by atoms with Gasteiger partial charge >= 0.3 is 0 Å². The van der Waals surface area contributed by atoms with Gasteiger partial charge in [0.05, 0.1) is 16.8 Å². The molecular formula is C20H16FN3O3. The lowest BCUT2D eigenvalue weighted by Gasteiger charge is -2.09. The maximum atomic E-state index is 13.3. The fourth-order valence-electron chi connectivity index (χ4n) is 2.36. The highest BCUT2D eigenvalue weighted by Gasteiger charge is 2.11. The molecule has 0 unspecified atom stereocenters. The van der Waals surface area contributed by atoms with Crippen molar-refractivity contribution in [2.75, 3.05) is 5.43 Å². The fraction of sp³-hybridized carbons (Fsp3) is 0.0500. The predicted molar refractivity (Wildman–Crippen MR) is 101 cm³/mol. The average Bonchev–Trinajstić information content (AvgIpc) is 2.67. The van der Waals surface area contributed by atoms with Crippen LogP contribution in [0.2, 0.25) is 0 Å². The molecule has 0 aliphatic heterocycles. The molecule has 7 heteroatoms. The SMILES string of the molecule is O=[N+]([O-])c1ccc(OCc2cccc(F)c2)c(C=NNc2ccccc2)c1. The second kappa shape index (κ2) is 8.57. The summed E-state index contributed by atoms with van der Waals surface area (Å²) < 4.78 is 19.0. The first-order valence-electron chi connectivity index (χ1n) is 8.11. The Bertz CT molecular complexity index is 962. The maximum absolute atomic E-state index is 13.3. The van der Waals surface area contributed by atoms with Gasteiger partial charge in [-0.15, -0.1) is 0 Å². The van der Waals surface area contributed by atoms with Crippen molar-refractivity contribution in [2.45, 2.75) is 6.61 Å². The lowest BCUT2D eigenvalue weighted by molar-refractivity contribution is -0.384. The van der Waals surface area contributed by atoms with Crippen LogP contribution in [-0.2, 0) is 6.61 Å². The van der Waals surface area contributed by atoms with Gasteiger partial charge in [-0.1, -0.05) is 30.3 Å². The summed E-state index contributed by atoms with van der Waals surface area (Å²) in [6, 6.07) is 19.6. The molecule has 0 saturated heterocycles. The van der Waals surface area contributed by atoms with Crippen molar-refractivity contribution in [1.82, 2.24) is 0 Å². The molecule has 0 saturated carbocycles. The van der Waals surface area contributed by atoms with Crippen molar-refractivity contribution in [3.63, 3.8) is 0 Å². The summed E-state index contributed by atoms with van der Waals surface area (Å²) in [7, 11) is 0. The number of nitro groups is 1. The maximum Gasteiger partial charge on any atom is 0.270 e. The van der Waals surface area contributed by atoms with Crippen molar-refractivity contribution < 1.29 is 14.1 Å². The monoisotopic (exact) mass is 365 g/mol. The van der Waals surface area contributed by atoms with E-state index in [0.29, 0.717) is 16.9 Å². The molecule has 0 atom stereocenters. The van der Waals surface area contributed by atoms with Gasteiger partial charge in [0.1, 0.15) is 18.2 Å². The number of nitrogens with one attached hydrogen (secondary N) is 1. The molecule has 0 radical (unpaired) electrons. The van der Waals surface area contributed by atoms with E-state index in [1.165, 1.54) is 36.5 Å². The third kappa shape index (κ3) is 5.12. The number of ether oxygens (including phenoxy) is 1. The number of non-ortho nitro benzene ring substituents is 1. The van der Waals surface area contributed by atoms with E-state index in [0.717, 1.165) is 5.69 Å². The second-order valence-corrected chi connectivity index (χ2v) is 5.63. The van der Waals surface area contributed by atoms with Gasteiger partial charge in [-0.3, -0.25) is 15.5 Å². The number of hydrogen-bond acceptors (Lipinski definition) is 5. The summed E-state index contributed by atoms with van der Waals surface area (Å²) in [5, 5.41) is 15.1. The Balaban J connectivity index is 1.78. The van der Waals surface area contributed by atoms with E-state index in [4.69, 9.17) is 4.74 Å². The third-order valence-corrected chi connectivity index (χ3v) is 3.66. The molecule has 6 nitrogen and oxygen atoms in total. The molecule has 0 aliphatic carbocycles. The molecule has 0 aliphatic rings. The van der Waals surface area contributed by atoms with Crippen LogP contribution in [0.5, 0.6) is 5.75 Å². The van der Waals surface area contributed by atoms with Gasteiger partial charge in [0, 0.05) is 17.7 Å². The Labute approximate surface area is 155 Å². The number of rotatable bonds is 7. The van der Waals surface area contributed by atoms with Gasteiger partial charge in [-0.25, -0.2) is 4.39 Å². The lowest BCUT2D eigenvalue weighted by Crippen LogP contribution is -2.01. The molecule has 1 N–H and O–H groups in total. The number of halogens is 1. The zero-order valence-electron chi connectivity index (χ0n) is 14.2. The molecule has 0 bridgehead atoms. The summed E-state index contributed by atoms with van der Waals surface area (Å²) in [5.41, 5.74) is 4.63. The molecule has 0 fully saturated rings. The summed E-state index contributed by atoms with van der Waals surface area (Å²) in [6.45, 7) is 0.128. The number of nitro benzene ring substituents is 1. The zero-order valence-corrected chi connectivity index (χ0v) is 14.2. The molecular weight excluding hydrogens is 349 g/mol. The van der Waals surface area contributed by atoms with Crippen LogP contribution in [0.1, 0.15) is 11.1 Å². The van der Waals surface area contributed by atoms with Crippen LogP contribution >= 0.6 is 0 Å². The van der Waals surface area contributed by atoms with Crippen molar-refractivity contribution >= 4 is 17.6 Å². The van der Waals surface area contributed by atoms with Crippen LogP contribution in [-0.4, -0.2) is 11.1 Å². The first-order chi connectivity index (χ1) is 13.1. The van der Waals surface area contributed by atoms with Crippen molar-refractivity contribution in [3.05, 3.63) is 99.9 Å². The van der Waals surface area contributed by atoms with Crippen LogP contribution in [0.3, 0.4) is 0 Å². The van der Waals surface area contributed by atoms with Crippen LogP contribution < -0.4 is 10.2 Å². The average molecular weight is 365 g/mol. The quantitative estimate of drug-likeness (QED) is 0.372. The third-order valence-electron chi connectivity index (χ3n) is 3.66. The molecule has 0 spiro atoms. The number of para-hydroxylation sites is 1. The minimum absolute atomic E-state index is 0.0748. The number of anilines is 1. The van der Waals surface area contributed by atoms with Gasteiger partial charge in [-0.2, -0.15) is 5.10 Å². The summed E-state index contributed by atoms with van der Waals surface area (Å²) in [6.07, 6.45) is 1.45. The zero-order chi connectivity index (χ0) is 19.1. The number of nitrogens with zero attached hydrogens (tertiary/aromatic N) is 2. The van der Waals surface area contributed by atoms with Gasteiger partial charge in [0.15, 0.2) is 0 Å². The summed E-state index contributed by atoms with van der Waals surface area (Å²) >= 11 is 0. The minimum Gasteiger partial charge on any atom is -0.488 e. The van der Waals surface area contributed by atoms with Gasteiger partial charge < -0.3 is 4.74 Å². The van der Waals surface area contributed by atoms with E-state index in [2.05, 4.69) is 10.5 Å². The molecule has 0 aromatic heterocycles. The Morgan fingerprint density at radius 3 is 2.63 bits per heavy atom. The van der Waals surface area contributed by atoms with Crippen LogP contribution in [0.25, 0.3) is 0 Å². The first kappa shape index (κ1) is 18.1. The molecule has 3 rings (SSSR count). The molecule has 3 aromatic rings. The normalized spacial score (nSPS) is 10.7. The number of hydrogen-bond donors (Lipinski definition) is 1. The van der Waals surface area contributed by atoms with Gasteiger partial charge in [0.25, 0.3) is 5.69 Å². The smallest absolute Gasteiger partial charge is 0.270 e. The van der Waals surface area contributed by atoms with E-state index in [1.807, 2.05) is 30.3 Å².